The number of hydrogen-bond donors (Lipinski definition) is 0. The molecule has 2 aromatic carbocycles. The van der Waals surface area contributed by atoms with Gasteiger partial charge in [-0.25, -0.2) is 4.98 Å². The average molecular weight is 363 g/mol. The first-order valence-electron chi connectivity index (χ1n) is 9.02. The molecule has 138 valence electrons. The maximum Gasteiger partial charge on any atom is 0.326 e. The summed E-state index contributed by atoms with van der Waals surface area (Å²) in [5.74, 6) is 0.0873. The Morgan fingerprint density at radius 3 is 2.74 bits per heavy atom. The number of carbonyl (C=O) groups excluding carboxylic acids is 2. The van der Waals surface area contributed by atoms with E-state index in [-0.39, 0.29) is 25.1 Å². The lowest BCUT2D eigenvalue weighted by atomic mass is 10.1. The number of carbonyl (C=O) groups is 2. The van der Waals surface area contributed by atoms with Gasteiger partial charge in [0.25, 0.3) is 5.91 Å². The van der Waals surface area contributed by atoms with Crippen molar-refractivity contribution in [2.24, 2.45) is 0 Å². The van der Waals surface area contributed by atoms with E-state index >= 15 is 0 Å². The molecule has 0 radical (unpaired) electrons. The quantitative estimate of drug-likeness (QED) is 0.669. The van der Waals surface area contributed by atoms with Crippen LogP contribution in [0, 0.1) is 6.92 Å². The van der Waals surface area contributed by atoms with Crippen molar-refractivity contribution >= 4 is 28.6 Å². The van der Waals surface area contributed by atoms with Crippen LogP contribution in [-0.2, 0) is 27.3 Å². The van der Waals surface area contributed by atoms with E-state index in [9.17, 15) is 9.59 Å². The van der Waals surface area contributed by atoms with Crippen molar-refractivity contribution in [3.8, 4) is 0 Å². The van der Waals surface area contributed by atoms with E-state index in [2.05, 4.69) is 4.98 Å². The first-order valence-corrected chi connectivity index (χ1v) is 9.02. The van der Waals surface area contributed by atoms with Crippen molar-refractivity contribution in [2.75, 3.05) is 11.5 Å². The molecule has 6 heteroatoms. The molecule has 1 aliphatic rings. The maximum atomic E-state index is 12.6. The number of para-hydroxylation sites is 3. The monoisotopic (exact) mass is 363 g/mol. The molecular weight excluding hydrogens is 342 g/mol. The lowest BCUT2D eigenvalue weighted by Gasteiger charge is -2.22. The van der Waals surface area contributed by atoms with Gasteiger partial charge in [-0.3, -0.25) is 9.59 Å². The third kappa shape index (κ3) is 3.18. The number of aromatic nitrogens is 2. The van der Waals surface area contributed by atoms with E-state index in [4.69, 9.17) is 4.74 Å². The summed E-state index contributed by atoms with van der Waals surface area (Å²) in [6.07, 6.45) is 0.816. The number of nitrogens with zero attached hydrogens (tertiary/aromatic N) is 3. The van der Waals surface area contributed by atoms with Crippen LogP contribution in [0.3, 0.4) is 0 Å². The Bertz CT molecular complexity index is 1020. The summed E-state index contributed by atoms with van der Waals surface area (Å²) < 4.78 is 7.08. The zero-order chi connectivity index (χ0) is 19.0. The van der Waals surface area contributed by atoms with E-state index in [1.54, 1.807) is 9.47 Å². The van der Waals surface area contributed by atoms with E-state index < -0.39 is 5.97 Å². The third-order valence-corrected chi connectivity index (χ3v) is 4.97. The predicted octanol–water partition coefficient (Wildman–Crippen LogP) is 2.87. The SMILES string of the molecule is Cc1nc2ccccc2n1CC(=O)OCC(=O)N1c2ccccc2C[C@@H]1C. The van der Waals surface area contributed by atoms with Gasteiger partial charge in [0.05, 0.1) is 11.0 Å². The smallest absolute Gasteiger partial charge is 0.326 e. The van der Waals surface area contributed by atoms with Gasteiger partial charge in [0, 0.05) is 11.7 Å². The van der Waals surface area contributed by atoms with Gasteiger partial charge in [-0.05, 0) is 44.0 Å². The average Bonchev–Trinajstić information content (AvgIpc) is 3.16. The van der Waals surface area contributed by atoms with Gasteiger partial charge < -0.3 is 14.2 Å². The van der Waals surface area contributed by atoms with Crippen molar-refractivity contribution in [1.29, 1.82) is 0 Å². The number of rotatable bonds is 4. The lowest BCUT2D eigenvalue weighted by molar-refractivity contribution is -0.148. The van der Waals surface area contributed by atoms with Crippen molar-refractivity contribution < 1.29 is 14.3 Å². The molecule has 0 saturated heterocycles. The summed E-state index contributed by atoms with van der Waals surface area (Å²) in [6.45, 7) is 3.62. The van der Waals surface area contributed by atoms with Crippen LogP contribution >= 0.6 is 0 Å². The fourth-order valence-electron chi connectivity index (χ4n) is 3.73. The van der Waals surface area contributed by atoms with Crippen molar-refractivity contribution in [1.82, 2.24) is 9.55 Å². The van der Waals surface area contributed by atoms with E-state index in [0.29, 0.717) is 0 Å². The molecule has 0 fully saturated rings. The summed E-state index contributed by atoms with van der Waals surface area (Å²) in [5.41, 5.74) is 3.76. The fourth-order valence-corrected chi connectivity index (χ4v) is 3.73. The first kappa shape index (κ1) is 17.3. The summed E-state index contributed by atoms with van der Waals surface area (Å²) in [4.78, 5) is 31.1. The Balaban J connectivity index is 1.42. The van der Waals surface area contributed by atoms with Crippen molar-refractivity contribution in [3.63, 3.8) is 0 Å². The van der Waals surface area contributed by atoms with Crippen LogP contribution in [0.4, 0.5) is 5.69 Å². The Morgan fingerprint density at radius 1 is 1.15 bits per heavy atom. The molecule has 0 saturated carbocycles. The second kappa shape index (κ2) is 6.87. The first-order chi connectivity index (χ1) is 13.0. The molecule has 6 nitrogen and oxygen atoms in total. The summed E-state index contributed by atoms with van der Waals surface area (Å²) >= 11 is 0. The summed E-state index contributed by atoms with van der Waals surface area (Å²) in [7, 11) is 0. The van der Waals surface area contributed by atoms with Crippen LogP contribution < -0.4 is 4.90 Å². The van der Waals surface area contributed by atoms with Gasteiger partial charge in [-0.15, -0.1) is 0 Å². The topological polar surface area (TPSA) is 64.4 Å². The van der Waals surface area contributed by atoms with Gasteiger partial charge in [0.2, 0.25) is 0 Å². The van der Waals surface area contributed by atoms with E-state index in [0.717, 1.165) is 34.5 Å². The largest absolute Gasteiger partial charge is 0.454 e. The molecule has 1 aliphatic heterocycles. The van der Waals surface area contributed by atoms with Crippen molar-refractivity contribution in [3.05, 3.63) is 59.9 Å². The molecule has 1 atom stereocenters. The number of hydrogen-bond acceptors (Lipinski definition) is 4. The predicted molar refractivity (Wildman–Crippen MR) is 103 cm³/mol. The van der Waals surface area contributed by atoms with Crippen LogP contribution in [0.1, 0.15) is 18.3 Å². The zero-order valence-electron chi connectivity index (χ0n) is 15.4. The second-order valence-electron chi connectivity index (χ2n) is 6.84. The second-order valence-corrected chi connectivity index (χ2v) is 6.84. The fraction of sp³-hybridized carbons (Fsp3) is 0.286. The number of anilines is 1. The van der Waals surface area contributed by atoms with Gasteiger partial charge in [-0.2, -0.15) is 0 Å². The molecule has 0 aliphatic carbocycles. The van der Waals surface area contributed by atoms with Crippen LogP contribution in [0.2, 0.25) is 0 Å². The van der Waals surface area contributed by atoms with Crippen LogP contribution in [-0.4, -0.2) is 34.1 Å². The summed E-state index contributed by atoms with van der Waals surface area (Å²) in [6, 6.07) is 15.5. The van der Waals surface area contributed by atoms with E-state index in [1.165, 1.54) is 0 Å². The molecule has 3 aromatic rings. The molecular formula is C21H21N3O3. The highest BCUT2D eigenvalue weighted by molar-refractivity contribution is 5.97. The third-order valence-electron chi connectivity index (χ3n) is 4.97. The normalized spacial score (nSPS) is 15.8. The highest BCUT2D eigenvalue weighted by atomic mass is 16.5. The van der Waals surface area contributed by atoms with Crippen LogP contribution in [0.5, 0.6) is 0 Å². The lowest BCUT2D eigenvalue weighted by Crippen LogP contribution is -2.39. The zero-order valence-corrected chi connectivity index (χ0v) is 15.4. The Hall–Kier alpha value is -3.15. The highest BCUT2D eigenvalue weighted by Crippen LogP contribution is 2.31. The maximum absolute atomic E-state index is 12.6. The van der Waals surface area contributed by atoms with Crippen LogP contribution in [0.15, 0.2) is 48.5 Å². The minimum Gasteiger partial charge on any atom is -0.454 e. The van der Waals surface area contributed by atoms with Gasteiger partial charge in [-0.1, -0.05) is 30.3 Å². The van der Waals surface area contributed by atoms with Gasteiger partial charge in [0.1, 0.15) is 12.4 Å². The number of benzene rings is 2. The standard InChI is InChI=1S/C21H21N3O3/c1-14-11-16-7-3-5-9-18(16)24(14)20(25)13-27-21(26)12-23-15(2)22-17-8-4-6-10-19(17)23/h3-10,14H,11-13H2,1-2H3/t14-/m0/s1. The number of ether oxygens (including phenoxy) is 1. The number of imidazole rings is 1. The molecule has 2 heterocycles. The van der Waals surface area contributed by atoms with Gasteiger partial charge >= 0.3 is 5.97 Å². The number of fused-ring (bicyclic) bond motifs is 2. The summed E-state index contributed by atoms with van der Waals surface area (Å²) in [5, 5.41) is 0. The van der Waals surface area contributed by atoms with Gasteiger partial charge in [0.15, 0.2) is 6.61 Å². The van der Waals surface area contributed by atoms with E-state index in [1.807, 2.05) is 62.4 Å². The number of amides is 1. The number of aryl methyl sites for hydroxylation is 1. The van der Waals surface area contributed by atoms with Crippen molar-refractivity contribution in [2.45, 2.75) is 32.9 Å². The molecule has 1 aromatic heterocycles. The molecule has 0 unspecified atom stereocenters. The Morgan fingerprint density at radius 2 is 1.89 bits per heavy atom. The molecule has 0 N–H and O–H groups in total. The Labute approximate surface area is 157 Å². The molecule has 4 rings (SSSR count). The molecule has 0 spiro atoms. The molecule has 1 amide bonds. The molecule has 27 heavy (non-hydrogen) atoms. The minimum atomic E-state index is -0.449. The number of esters is 1. The molecule has 0 bridgehead atoms. The minimum absolute atomic E-state index is 0.0335. The Kier molecular flexibility index (Phi) is 4.39. The highest BCUT2D eigenvalue weighted by Gasteiger charge is 2.31. The van der Waals surface area contributed by atoms with Crippen LogP contribution in [0.25, 0.3) is 11.0 Å².